The van der Waals surface area contributed by atoms with Gasteiger partial charge in [0.25, 0.3) is 0 Å². The number of halogens is 1. The summed E-state index contributed by atoms with van der Waals surface area (Å²) in [7, 11) is 4.03. The standard InChI is InChI=1S/C17H32N6S.HI/c1-7-18-16(19-8-14-11-24-17(20-14)22(5)6)21-15-10-23(12(2)3)9-13(15)4;/h11-13,15H,7-10H2,1-6H3,(H2,18,19,21);1H. The molecule has 0 bridgehead atoms. The molecule has 2 atom stereocenters. The van der Waals surface area contributed by atoms with E-state index in [4.69, 9.17) is 4.99 Å². The van der Waals surface area contributed by atoms with Gasteiger partial charge in [-0.05, 0) is 26.7 Å². The second-order valence-corrected chi connectivity index (χ2v) is 7.82. The van der Waals surface area contributed by atoms with Crippen molar-refractivity contribution in [2.24, 2.45) is 10.9 Å². The third-order valence-corrected chi connectivity index (χ3v) is 5.42. The molecule has 0 spiro atoms. The molecule has 1 saturated heterocycles. The first-order chi connectivity index (χ1) is 11.4. The number of anilines is 1. The van der Waals surface area contributed by atoms with Crippen molar-refractivity contribution in [1.29, 1.82) is 0 Å². The largest absolute Gasteiger partial charge is 0.357 e. The summed E-state index contributed by atoms with van der Waals surface area (Å²) in [6.07, 6.45) is 0. The van der Waals surface area contributed by atoms with Crippen LogP contribution in [0.4, 0.5) is 5.13 Å². The number of hydrogen-bond acceptors (Lipinski definition) is 5. The molecule has 25 heavy (non-hydrogen) atoms. The van der Waals surface area contributed by atoms with Crippen LogP contribution < -0.4 is 15.5 Å². The van der Waals surface area contributed by atoms with Gasteiger partial charge in [0.05, 0.1) is 12.2 Å². The van der Waals surface area contributed by atoms with Gasteiger partial charge in [-0.3, -0.25) is 4.90 Å². The average molecular weight is 480 g/mol. The number of aliphatic imine (C=N–C) groups is 1. The van der Waals surface area contributed by atoms with Crippen LogP contribution in [-0.4, -0.2) is 61.7 Å². The lowest BCUT2D eigenvalue weighted by Crippen LogP contribution is -2.46. The van der Waals surface area contributed by atoms with Gasteiger partial charge in [-0.2, -0.15) is 0 Å². The van der Waals surface area contributed by atoms with Crippen LogP contribution in [0.15, 0.2) is 10.4 Å². The van der Waals surface area contributed by atoms with Crippen LogP contribution in [0.1, 0.15) is 33.4 Å². The Labute approximate surface area is 173 Å². The smallest absolute Gasteiger partial charge is 0.191 e. The molecular formula is C17H33IN6S. The van der Waals surface area contributed by atoms with Crippen molar-refractivity contribution in [3.8, 4) is 0 Å². The first-order valence-electron chi connectivity index (χ1n) is 8.81. The molecular weight excluding hydrogens is 447 g/mol. The van der Waals surface area contributed by atoms with Gasteiger partial charge in [-0.15, -0.1) is 35.3 Å². The highest BCUT2D eigenvalue weighted by atomic mass is 127. The zero-order valence-electron chi connectivity index (χ0n) is 16.2. The fourth-order valence-electron chi connectivity index (χ4n) is 2.84. The third-order valence-electron chi connectivity index (χ3n) is 4.36. The number of nitrogens with zero attached hydrogens (tertiary/aromatic N) is 4. The Bertz CT molecular complexity index is 545. The first-order valence-corrected chi connectivity index (χ1v) is 9.69. The molecule has 0 amide bonds. The van der Waals surface area contributed by atoms with Crippen molar-refractivity contribution in [3.05, 3.63) is 11.1 Å². The first kappa shape index (κ1) is 22.4. The molecule has 1 fully saturated rings. The topological polar surface area (TPSA) is 55.8 Å². The lowest BCUT2D eigenvalue weighted by molar-refractivity contribution is 0.265. The number of rotatable bonds is 6. The zero-order valence-corrected chi connectivity index (χ0v) is 19.4. The lowest BCUT2D eigenvalue weighted by Gasteiger charge is -2.21. The second-order valence-electron chi connectivity index (χ2n) is 6.99. The molecule has 8 heteroatoms. The number of thiazole rings is 1. The van der Waals surface area contributed by atoms with Crippen molar-refractivity contribution >= 4 is 46.4 Å². The molecule has 6 nitrogen and oxygen atoms in total. The summed E-state index contributed by atoms with van der Waals surface area (Å²) in [4.78, 5) is 13.9. The van der Waals surface area contributed by atoms with E-state index in [0.717, 1.165) is 36.4 Å². The van der Waals surface area contributed by atoms with Gasteiger partial charge in [0.15, 0.2) is 11.1 Å². The minimum atomic E-state index is 0. The van der Waals surface area contributed by atoms with Crippen LogP contribution >= 0.6 is 35.3 Å². The number of nitrogens with one attached hydrogen (secondary N) is 2. The molecule has 1 aliphatic heterocycles. The fourth-order valence-corrected chi connectivity index (χ4v) is 3.59. The van der Waals surface area contributed by atoms with Crippen molar-refractivity contribution < 1.29 is 0 Å². The molecule has 2 N–H and O–H groups in total. The van der Waals surface area contributed by atoms with Crippen molar-refractivity contribution in [3.63, 3.8) is 0 Å². The Balaban J connectivity index is 0.00000312. The molecule has 1 aromatic heterocycles. The number of aromatic nitrogens is 1. The Morgan fingerprint density at radius 3 is 2.68 bits per heavy atom. The molecule has 0 aliphatic carbocycles. The third kappa shape index (κ3) is 6.56. The van der Waals surface area contributed by atoms with Crippen LogP contribution in [0, 0.1) is 5.92 Å². The molecule has 2 unspecified atom stereocenters. The van der Waals surface area contributed by atoms with Gasteiger partial charge in [0, 0.05) is 51.2 Å². The summed E-state index contributed by atoms with van der Waals surface area (Å²) in [5.74, 6) is 1.51. The summed E-state index contributed by atoms with van der Waals surface area (Å²) in [6.45, 7) is 12.6. The average Bonchev–Trinajstić information content (AvgIpc) is 3.12. The number of likely N-dealkylation sites (tertiary alicyclic amines) is 1. The van der Waals surface area contributed by atoms with E-state index in [0.29, 0.717) is 24.5 Å². The summed E-state index contributed by atoms with van der Waals surface area (Å²) in [5.41, 5.74) is 1.02. The minimum absolute atomic E-state index is 0. The van der Waals surface area contributed by atoms with Gasteiger partial charge in [0.2, 0.25) is 0 Å². The Morgan fingerprint density at radius 2 is 2.16 bits per heavy atom. The molecule has 1 aromatic rings. The summed E-state index contributed by atoms with van der Waals surface area (Å²) in [6, 6.07) is 1.04. The summed E-state index contributed by atoms with van der Waals surface area (Å²) in [5, 5.41) is 10.1. The normalized spacial score (nSPS) is 21.3. The van der Waals surface area contributed by atoms with E-state index in [1.54, 1.807) is 11.3 Å². The number of guanidine groups is 1. The van der Waals surface area contributed by atoms with Crippen LogP contribution in [0.3, 0.4) is 0 Å². The zero-order chi connectivity index (χ0) is 17.7. The minimum Gasteiger partial charge on any atom is -0.357 e. The quantitative estimate of drug-likeness (QED) is 0.373. The van der Waals surface area contributed by atoms with Crippen LogP contribution in [0.2, 0.25) is 0 Å². The Kier molecular flexibility index (Phi) is 9.44. The maximum Gasteiger partial charge on any atom is 0.191 e. The highest BCUT2D eigenvalue weighted by molar-refractivity contribution is 14.0. The summed E-state index contributed by atoms with van der Waals surface area (Å²) < 4.78 is 0. The highest BCUT2D eigenvalue weighted by Crippen LogP contribution is 2.19. The van der Waals surface area contributed by atoms with Gasteiger partial charge >= 0.3 is 0 Å². The van der Waals surface area contributed by atoms with E-state index < -0.39 is 0 Å². The van der Waals surface area contributed by atoms with E-state index in [-0.39, 0.29) is 24.0 Å². The molecule has 2 rings (SSSR count). The molecule has 0 aromatic carbocycles. The molecule has 0 saturated carbocycles. The predicted molar refractivity (Wildman–Crippen MR) is 119 cm³/mol. The Morgan fingerprint density at radius 1 is 1.44 bits per heavy atom. The predicted octanol–water partition coefficient (Wildman–Crippen LogP) is 2.61. The van der Waals surface area contributed by atoms with Gasteiger partial charge in [-0.25, -0.2) is 9.98 Å². The monoisotopic (exact) mass is 480 g/mol. The van der Waals surface area contributed by atoms with E-state index in [1.165, 1.54) is 0 Å². The maximum absolute atomic E-state index is 4.73. The highest BCUT2D eigenvalue weighted by Gasteiger charge is 2.31. The van der Waals surface area contributed by atoms with Crippen LogP contribution in [0.5, 0.6) is 0 Å². The van der Waals surface area contributed by atoms with Gasteiger partial charge in [-0.1, -0.05) is 6.92 Å². The second kappa shape index (κ2) is 10.5. The van der Waals surface area contributed by atoms with Gasteiger partial charge in [0.1, 0.15) is 0 Å². The van der Waals surface area contributed by atoms with Crippen molar-refractivity contribution in [2.45, 2.75) is 46.3 Å². The number of hydrogen-bond donors (Lipinski definition) is 2. The van der Waals surface area contributed by atoms with Crippen molar-refractivity contribution in [1.82, 2.24) is 20.5 Å². The van der Waals surface area contributed by atoms with Crippen molar-refractivity contribution in [2.75, 3.05) is 38.6 Å². The molecule has 0 radical (unpaired) electrons. The van der Waals surface area contributed by atoms with E-state index >= 15 is 0 Å². The SMILES string of the molecule is CCNC(=NCc1csc(N(C)C)n1)NC1CN(C(C)C)CC1C.I. The molecule has 1 aliphatic rings. The van der Waals surface area contributed by atoms with E-state index in [2.05, 4.69) is 53.6 Å². The van der Waals surface area contributed by atoms with Gasteiger partial charge < -0.3 is 15.5 Å². The maximum atomic E-state index is 4.73. The summed E-state index contributed by atoms with van der Waals surface area (Å²) >= 11 is 1.66. The van der Waals surface area contributed by atoms with Crippen LogP contribution in [0.25, 0.3) is 0 Å². The van der Waals surface area contributed by atoms with E-state index in [1.807, 2.05) is 19.0 Å². The van der Waals surface area contributed by atoms with E-state index in [9.17, 15) is 0 Å². The van der Waals surface area contributed by atoms with Crippen LogP contribution in [-0.2, 0) is 6.54 Å². The molecule has 2 heterocycles. The molecule has 144 valence electrons. The Hall–Kier alpha value is -0.610. The lowest BCUT2D eigenvalue weighted by atomic mass is 10.1. The fraction of sp³-hybridized carbons (Fsp3) is 0.765.